The molecular weight excluding hydrogens is 481 g/mol. The van der Waals surface area contributed by atoms with Crippen LogP contribution in [0, 0.1) is 9.49 Å². The van der Waals surface area contributed by atoms with Crippen LogP contribution in [0.25, 0.3) is 5.57 Å². The first-order chi connectivity index (χ1) is 14.0. The molecule has 2 aliphatic heterocycles. The predicted molar refractivity (Wildman–Crippen MR) is 122 cm³/mol. The first-order valence-corrected chi connectivity index (χ1v) is 10.7. The zero-order chi connectivity index (χ0) is 20.4. The van der Waals surface area contributed by atoms with Gasteiger partial charge in [-0.2, -0.15) is 0 Å². The Morgan fingerprint density at radius 3 is 2.48 bits per heavy atom. The molecule has 150 valence electrons. The molecule has 29 heavy (non-hydrogen) atoms. The molecule has 0 bridgehead atoms. The Morgan fingerprint density at radius 1 is 1.07 bits per heavy atom. The van der Waals surface area contributed by atoms with Gasteiger partial charge in [-0.3, -0.25) is 14.9 Å². The lowest BCUT2D eigenvalue weighted by molar-refractivity contribution is -0.114. The van der Waals surface area contributed by atoms with Gasteiger partial charge in [-0.25, -0.2) is 0 Å². The van der Waals surface area contributed by atoms with Crippen LogP contribution in [0.3, 0.4) is 0 Å². The molecule has 0 aromatic heterocycles. The highest BCUT2D eigenvalue weighted by atomic mass is 127. The number of carbonyl (C=O) groups is 2. The van der Waals surface area contributed by atoms with Gasteiger partial charge in [0.05, 0.1) is 5.57 Å². The van der Waals surface area contributed by atoms with Crippen LogP contribution in [-0.2, 0) is 4.79 Å². The van der Waals surface area contributed by atoms with Gasteiger partial charge in [0.1, 0.15) is 0 Å². The van der Waals surface area contributed by atoms with Crippen molar-refractivity contribution in [3.8, 4) is 0 Å². The SMILES string of the molecule is O=C1NC(=O)c2ccc(I)cc2C1=CNc1ccc(N2CCC(CO)CC2)cc1. The fourth-order valence-electron chi connectivity index (χ4n) is 3.74. The fraction of sp³-hybridized carbons (Fsp3) is 0.273. The number of anilines is 2. The molecule has 0 atom stereocenters. The number of hydrogen-bond acceptors (Lipinski definition) is 5. The number of rotatable bonds is 4. The lowest BCUT2D eigenvalue weighted by atomic mass is 9.95. The number of nitrogens with one attached hydrogen (secondary N) is 2. The van der Waals surface area contributed by atoms with E-state index in [1.54, 1.807) is 12.3 Å². The van der Waals surface area contributed by atoms with E-state index in [0.29, 0.717) is 22.6 Å². The third-order valence-electron chi connectivity index (χ3n) is 5.48. The number of amides is 2. The minimum Gasteiger partial charge on any atom is -0.396 e. The highest BCUT2D eigenvalue weighted by Gasteiger charge is 2.27. The molecule has 4 rings (SSSR count). The minimum atomic E-state index is -0.402. The molecule has 0 saturated carbocycles. The van der Waals surface area contributed by atoms with Crippen LogP contribution in [0.15, 0.2) is 48.7 Å². The summed E-state index contributed by atoms with van der Waals surface area (Å²) in [5, 5.41) is 14.8. The summed E-state index contributed by atoms with van der Waals surface area (Å²) < 4.78 is 0.962. The Kier molecular flexibility index (Phi) is 5.86. The first-order valence-electron chi connectivity index (χ1n) is 9.63. The summed E-state index contributed by atoms with van der Waals surface area (Å²) in [4.78, 5) is 26.7. The van der Waals surface area contributed by atoms with E-state index in [1.807, 2.05) is 24.3 Å². The van der Waals surface area contributed by atoms with Crippen LogP contribution in [-0.4, -0.2) is 36.6 Å². The average Bonchev–Trinajstić information content (AvgIpc) is 2.74. The molecule has 2 aromatic rings. The summed E-state index contributed by atoms with van der Waals surface area (Å²) in [6.45, 7) is 2.17. The van der Waals surface area contributed by atoms with Crippen LogP contribution < -0.4 is 15.5 Å². The number of benzene rings is 2. The predicted octanol–water partition coefficient (Wildman–Crippen LogP) is 3.22. The van der Waals surface area contributed by atoms with E-state index in [1.165, 1.54) is 0 Å². The summed E-state index contributed by atoms with van der Waals surface area (Å²) in [5.41, 5.74) is 3.60. The molecule has 2 heterocycles. The van der Waals surface area contributed by atoms with Crippen molar-refractivity contribution in [2.45, 2.75) is 12.8 Å². The third-order valence-corrected chi connectivity index (χ3v) is 6.15. The van der Waals surface area contributed by atoms with Gasteiger partial charge in [0.2, 0.25) is 0 Å². The summed E-state index contributed by atoms with van der Waals surface area (Å²) in [5.74, 6) is -0.355. The van der Waals surface area contributed by atoms with Gasteiger partial charge in [-0.15, -0.1) is 0 Å². The Labute approximate surface area is 183 Å². The van der Waals surface area contributed by atoms with Crippen molar-refractivity contribution in [1.82, 2.24) is 5.32 Å². The van der Waals surface area contributed by atoms with Crippen molar-refractivity contribution in [1.29, 1.82) is 0 Å². The average molecular weight is 503 g/mol. The third kappa shape index (κ3) is 4.30. The normalized spacial score (nSPS) is 18.6. The highest BCUT2D eigenvalue weighted by Crippen LogP contribution is 2.27. The van der Waals surface area contributed by atoms with Crippen molar-refractivity contribution in [2.75, 3.05) is 29.9 Å². The molecule has 2 amide bonds. The summed E-state index contributed by atoms with van der Waals surface area (Å²) >= 11 is 2.17. The maximum absolute atomic E-state index is 12.3. The number of carbonyl (C=O) groups excluding carboxylic acids is 2. The molecule has 1 fully saturated rings. The zero-order valence-electron chi connectivity index (χ0n) is 15.8. The number of piperidine rings is 1. The lowest BCUT2D eigenvalue weighted by Gasteiger charge is -2.32. The van der Waals surface area contributed by atoms with Crippen molar-refractivity contribution < 1.29 is 14.7 Å². The smallest absolute Gasteiger partial charge is 0.260 e. The number of aliphatic hydroxyl groups is 1. The molecule has 1 saturated heterocycles. The van der Waals surface area contributed by atoms with Gasteiger partial charge in [-0.1, -0.05) is 0 Å². The zero-order valence-corrected chi connectivity index (χ0v) is 18.0. The summed E-state index contributed by atoms with van der Waals surface area (Å²) in [7, 11) is 0. The standard InChI is InChI=1S/C22H22IN3O3/c23-15-1-6-18-19(11-15)20(22(29)25-21(18)28)12-24-16-2-4-17(5-3-16)26-9-7-14(13-27)8-10-26/h1-6,11-12,14,24,27H,7-10,13H2,(H,25,28,29). The second-order valence-corrected chi connectivity index (χ2v) is 8.58. The van der Waals surface area contributed by atoms with Gasteiger partial charge in [0.25, 0.3) is 11.8 Å². The molecule has 0 radical (unpaired) electrons. The molecule has 0 spiro atoms. The molecular formula is C22H22IN3O3. The van der Waals surface area contributed by atoms with E-state index >= 15 is 0 Å². The maximum Gasteiger partial charge on any atom is 0.260 e. The number of nitrogens with zero attached hydrogens (tertiary/aromatic N) is 1. The number of halogens is 1. The van der Waals surface area contributed by atoms with E-state index in [2.05, 4.69) is 50.3 Å². The largest absolute Gasteiger partial charge is 0.396 e. The van der Waals surface area contributed by atoms with Crippen LogP contribution in [0.5, 0.6) is 0 Å². The van der Waals surface area contributed by atoms with Crippen molar-refractivity contribution >= 4 is 51.4 Å². The first kappa shape index (κ1) is 19.9. The quantitative estimate of drug-likeness (QED) is 0.339. The Hall–Kier alpha value is -2.39. The van der Waals surface area contributed by atoms with E-state index in [4.69, 9.17) is 0 Å². The number of imide groups is 1. The van der Waals surface area contributed by atoms with E-state index in [0.717, 1.165) is 40.9 Å². The second-order valence-electron chi connectivity index (χ2n) is 7.34. The van der Waals surface area contributed by atoms with Gasteiger partial charge in [-0.05, 0) is 83.8 Å². The molecule has 2 aliphatic rings. The molecule has 7 heteroatoms. The lowest BCUT2D eigenvalue weighted by Crippen LogP contribution is -2.36. The maximum atomic E-state index is 12.3. The monoisotopic (exact) mass is 503 g/mol. The summed E-state index contributed by atoms with van der Waals surface area (Å²) in [6, 6.07) is 13.5. The highest BCUT2D eigenvalue weighted by molar-refractivity contribution is 14.1. The topological polar surface area (TPSA) is 81.7 Å². The van der Waals surface area contributed by atoms with Gasteiger partial charge < -0.3 is 15.3 Å². The van der Waals surface area contributed by atoms with Crippen molar-refractivity contribution in [2.24, 2.45) is 5.92 Å². The van der Waals surface area contributed by atoms with Crippen LogP contribution >= 0.6 is 22.6 Å². The number of fused-ring (bicyclic) bond motifs is 1. The minimum absolute atomic E-state index is 0.271. The Morgan fingerprint density at radius 2 is 1.79 bits per heavy atom. The van der Waals surface area contributed by atoms with Crippen LogP contribution in [0.2, 0.25) is 0 Å². The molecule has 3 N–H and O–H groups in total. The van der Waals surface area contributed by atoms with Crippen molar-refractivity contribution in [3.63, 3.8) is 0 Å². The van der Waals surface area contributed by atoms with Crippen LogP contribution in [0.4, 0.5) is 11.4 Å². The second kappa shape index (κ2) is 8.54. The van der Waals surface area contributed by atoms with Gasteiger partial charge in [0, 0.05) is 52.0 Å². The summed E-state index contributed by atoms with van der Waals surface area (Å²) in [6.07, 6.45) is 3.67. The molecule has 6 nitrogen and oxygen atoms in total. The van der Waals surface area contributed by atoms with Gasteiger partial charge >= 0.3 is 0 Å². The Bertz CT molecular complexity index is 964. The van der Waals surface area contributed by atoms with Crippen LogP contribution in [0.1, 0.15) is 28.8 Å². The Balaban J connectivity index is 1.49. The van der Waals surface area contributed by atoms with Crippen molar-refractivity contribution in [3.05, 3.63) is 63.4 Å². The molecule has 0 aliphatic carbocycles. The van der Waals surface area contributed by atoms with E-state index < -0.39 is 5.91 Å². The number of hydrogen-bond donors (Lipinski definition) is 3. The van der Waals surface area contributed by atoms with E-state index in [-0.39, 0.29) is 12.5 Å². The van der Waals surface area contributed by atoms with E-state index in [9.17, 15) is 14.7 Å². The fourth-order valence-corrected chi connectivity index (χ4v) is 4.23. The number of aliphatic hydroxyl groups excluding tert-OH is 1. The van der Waals surface area contributed by atoms with Gasteiger partial charge in [0.15, 0.2) is 0 Å². The molecule has 0 unspecified atom stereocenters. The molecule has 2 aromatic carbocycles.